The maximum atomic E-state index is 11.8. The molecule has 0 radical (unpaired) electrons. The molecule has 0 aromatic carbocycles. The lowest BCUT2D eigenvalue weighted by molar-refractivity contribution is -0.385. The van der Waals surface area contributed by atoms with Gasteiger partial charge in [-0.2, -0.15) is 10.2 Å². The van der Waals surface area contributed by atoms with Crippen molar-refractivity contribution in [3.05, 3.63) is 51.9 Å². The van der Waals surface area contributed by atoms with E-state index in [4.69, 9.17) is 0 Å². The number of hydrogen-bond donors (Lipinski definition) is 2. The Bertz CT molecular complexity index is 1050. The zero-order valence-electron chi connectivity index (χ0n) is 20.0. The van der Waals surface area contributed by atoms with E-state index < -0.39 is 9.85 Å². The second kappa shape index (κ2) is 14.8. The lowest BCUT2D eigenvalue weighted by atomic mass is 10.1. The number of nitro groups is 2. The molecule has 0 spiro atoms. The highest BCUT2D eigenvalue weighted by Crippen LogP contribution is 2.27. The summed E-state index contributed by atoms with van der Waals surface area (Å²) in [7, 11) is 0. The zero-order valence-corrected chi connectivity index (χ0v) is 21.7. The first kappa shape index (κ1) is 28.7. The Hall–Kier alpha value is -3.52. The van der Waals surface area contributed by atoms with E-state index in [1.807, 2.05) is 0 Å². The van der Waals surface area contributed by atoms with Crippen LogP contribution in [0, 0.1) is 34.1 Å². The number of aryl methyl sites for hydroxylation is 2. The minimum Gasteiger partial charge on any atom is -0.273 e. The Balaban J connectivity index is 1.49. The number of nitrogens with zero attached hydrogens (tertiary/aromatic N) is 4. The third kappa shape index (κ3) is 10.00. The standard InChI is InChI=1S/C22H28N6O6S2/c1-15-19(27(31)32)11-17(35-15)13-23-25-21(29)9-7-5-3-4-6-8-10-22(30)26-24-14-18-12-20(28(33)34)16(2)36-18/h11-14H,3-10H2,1-2H3,(H,25,29)(H,26,30)/b23-13+,24-14+. The van der Waals surface area contributed by atoms with E-state index in [1.165, 1.54) is 47.2 Å². The number of nitrogens with one attached hydrogen (secondary N) is 2. The molecule has 0 saturated heterocycles. The number of amides is 2. The first-order valence-electron chi connectivity index (χ1n) is 11.3. The van der Waals surface area contributed by atoms with Crippen molar-refractivity contribution in [3.8, 4) is 0 Å². The van der Waals surface area contributed by atoms with Crippen molar-refractivity contribution in [2.75, 3.05) is 0 Å². The van der Waals surface area contributed by atoms with Gasteiger partial charge in [0.15, 0.2) is 0 Å². The van der Waals surface area contributed by atoms with Crippen molar-refractivity contribution in [1.82, 2.24) is 10.9 Å². The van der Waals surface area contributed by atoms with E-state index in [0.717, 1.165) is 38.5 Å². The predicted octanol–water partition coefficient (Wildman–Crippen LogP) is 4.96. The average molecular weight is 537 g/mol. The van der Waals surface area contributed by atoms with Crippen molar-refractivity contribution in [3.63, 3.8) is 0 Å². The molecule has 0 aliphatic carbocycles. The van der Waals surface area contributed by atoms with Crippen LogP contribution in [0.2, 0.25) is 0 Å². The molecule has 12 nitrogen and oxygen atoms in total. The van der Waals surface area contributed by atoms with Gasteiger partial charge in [0.05, 0.1) is 41.8 Å². The molecule has 2 N–H and O–H groups in total. The first-order chi connectivity index (χ1) is 17.2. The summed E-state index contributed by atoms with van der Waals surface area (Å²) in [6.45, 7) is 3.32. The second-order valence-electron chi connectivity index (χ2n) is 7.90. The lowest BCUT2D eigenvalue weighted by Crippen LogP contribution is -2.17. The van der Waals surface area contributed by atoms with E-state index >= 15 is 0 Å². The Kier molecular flexibility index (Phi) is 11.8. The summed E-state index contributed by atoms with van der Waals surface area (Å²) in [6, 6.07) is 2.85. The first-order valence-corrected chi connectivity index (χ1v) is 12.9. The summed E-state index contributed by atoms with van der Waals surface area (Å²) in [6.07, 6.45) is 8.60. The Morgan fingerprint density at radius 2 is 1.14 bits per heavy atom. The van der Waals surface area contributed by atoms with Gasteiger partial charge in [-0.1, -0.05) is 25.7 Å². The van der Waals surface area contributed by atoms with Crippen LogP contribution in [-0.4, -0.2) is 34.1 Å². The van der Waals surface area contributed by atoms with Crippen molar-refractivity contribution in [2.45, 2.75) is 65.2 Å². The number of rotatable bonds is 15. The lowest BCUT2D eigenvalue weighted by Gasteiger charge is -2.02. The van der Waals surface area contributed by atoms with E-state index in [0.29, 0.717) is 32.4 Å². The van der Waals surface area contributed by atoms with Gasteiger partial charge in [0.1, 0.15) is 0 Å². The summed E-state index contributed by atoms with van der Waals surface area (Å²) < 4.78 is 0. The quantitative estimate of drug-likeness (QED) is 0.141. The van der Waals surface area contributed by atoms with Crippen molar-refractivity contribution in [1.29, 1.82) is 0 Å². The van der Waals surface area contributed by atoms with Gasteiger partial charge in [0.2, 0.25) is 11.8 Å². The summed E-state index contributed by atoms with van der Waals surface area (Å²) in [5, 5.41) is 29.4. The van der Waals surface area contributed by atoms with E-state index in [2.05, 4.69) is 21.1 Å². The fourth-order valence-electron chi connectivity index (χ4n) is 3.21. The number of hydrazone groups is 2. The fraction of sp³-hybridized carbons (Fsp3) is 0.455. The van der Waals surface area contributed by atoms with Crippen LogP contribution in [0.4, 0.5) is 11.4 Å². The van der Waals surface area contributed by atoms with Crippen LogP contribution in [0.25, 0.3) is 0 Å². The van der Waals surface area contributed by atoms with Crippen LogP contribution in [0.1, 0.15) is 70.9 Å². The molecule has 0 fully saturated rings. The zero-order chi connectivity index (χ0) is 26.5. The summed E-state index contributed by atoms with van der Waals surface area (Å²) in [5.41, 5.74) is 4.95. The van der Waals surface area contributed by atoms with Gasteiger partial charge in [-0.05, 0) is 26.7 Å². The number of thiophene rings is 2. The molecule has 0 aliphatic heterocycles. The topological polar surface area (TPSA) is 169 Å². The van der Waals surface area contributed by atoms with Crippen LogP contribution < -0.4 is 10.9 Å². The molecule has 0 aliphatic rings. The molecule has 36 heavy (non-hydrogen) atoms. The minimum absolute atomic E-state index is 0.0428. The van der Waals surface area contributed by atoms with Crippen LogP contribution >= 0.6 is 22.7 Å². The molecular formula is C22H28N6O6S2. The summed E-state index contributed by atoms with van der Waals surface area (Å²) in [4.78, 5) is 46.8. The molecule has 2 rings (SSSR count). The largest absolute Gasteiger partial charge is 0.283 e. The molecule has 0 bridgehead atoms. The Morgan fingerprint density at radius 3 is 1.47 bits per heavy atom. The highest BCUT2D eigenvalue weighted by molar-refractivity contribution is 7.14. The fourth-order valence-corrected chi connectivity index (χ4v) is 4.94. The third-order valence-corrected chi connectivity index (χ3v) is 6.98. The van der Waals surface area contributed by atoms with Crippen LogP contribution in [0.15, 0.2) is 22.3 Å². The molecule has 2 aromatic rings. The molecule has 2 heterocycles. The second-order valence-corrected chi connectivity index (χ2v) is 10.5. The summed E-state index contributed by atoms with van der Waals surface area (Å²) in [5.74, 6) is -0.419. The van der Waals surface area contributed by atoms with Gasteiger partial charge in [-0.25, -0.2) is 10.9 Å². The normalized spacial score (nSPS) is 11.3. The van der Waals surface area contributed by atoms with Crippen molar-refractivity contribution < 1.29 is 19.4 Å². The maximum absolute atomic E-state index is 11.8. The molecule has 0 unspecified atom stereocenters. The number of hydrogen-bond acceptors (Lipinski definition) is 10. The molecule has 2 amide bonds. The molecule has 0 saturated carbocycles. The number of carbonyl (C=O) groups is 2. The predicted molar refractivity (Wildman–Crippen MR) is 140 cm³/mol. The van der Waals surface area contributed by atoms with E-state index in [9.17, 15) is 29.8 Å². The molecule has 194 valence electrons. The minimum atomic E-state index is -0.447. The Morgan fingerprint density at radius 1 is 0.778 bits per heavy atom. The van der Waals surface area contributed by atoms with Crippen LogP contribution in [0.3, 0.4) is 0 Å². The summed E-state index contributed by atoms with van der Waals surface area (Å²) >= 11 is 2.48. The monoisotopic (exact) mass is 536 g/mol. The van der Waals surface area contributed by atoms with E-state index in [1.54, 1.807) is 13.8 Å². The van der Waals surface area contributed by atoms with Crippen molar-refractivity contribution >= 4 is 58.3 Å². The number of carbonyl (C=O) groups excluding carboxylic acids is 2. The van der Waals surface area contributed by atoms with Crippen LogP contribution in [-0.2, 0) is 9.59 Å². The number of unbranched alkanes of at least 4 members (excludes halogenated alkanes) is 5. The molecule has 14 heteroatoms. The molecule has 0 atom stereocenters. The van der Waals surface area contributed by atoms with Gasteiger partial charge in [-0.3, -0.25) is 29.8 Å². The van der Waals surface area contributed by atoms with Gasteiger partial charge < -0.3 is 0 Å². The maximum Gasteiger partial charge on any atom is 0.283 e. The van der Waals surface area contributed by atoms with Gasteiger partial charge >= 0.3 is 0 Å². The average Bonchev–Trinajstić information content (AvgIpc) is 3.37. The smallest absolute Gasteiger partial charge is 0.273 e. The van der Waals surface area contributed by atoms with Crippen LogP contribution in [0.5, 0.6) is 0 Å². The Labute approximate surface area is 215 Å². The van der Waals surface area contributed by atoms with Gasteiger partial charge in [-0.15, -0.1) is 22.7 Å². The highest BCUT2D eigenvalue weighted by Gasteiger charge is 2.15. The third-order valence-electron chi connectivity index (χ3n) is 5.03. The highest BCUT2D eigenvalue weighted by atomic mass is 32.1. The van der Waals surface area contributed by atoms with Gasteiger partial charge in [0.25, 0.3) is 11.4 Å². The SMILES string of the molecule is Cc1sc(/C=N/NC(=O)CCCCCCCCC(=O)N/N=C/c2cc([N+](=O)[O-])c(C)s2)cc1[N+](=O)[O-]. The van der Waals surface area contributed by atoms with Crippen molar-refractivity contribution in [2.24, 2.45) is 10.2 Å². The molecular weight excluding hydrogens is 508 g/mol. The van der Waals surface area contributed by atoms with E-state index in [-0.39, 0.29) is 23.2 Å². The van der Waals surface area contributed by atoms with Gasteiger partial charge in [0, 0.05) is 25.0 Å². The molecule has 2 aromatic heterocycles.